The van der Waals surface area contributed by atoms with Gasteiger partial charge in [0.2, 0.25) is 0 Å². The topological polar surface area (TPSA) is 49.2 Å². The van der Waals surface area contributed by atoms with Gasteiger partial charge in [-0.05, 0) is 20.3 Å². The van der Waals surface area contributed by atoms with E-state index >= 15 is 0 Å². The van der Waals surface area contributed by atoms with Crippen LogP contribution in [0.1, 0.15) is 30.8 Å². The number of rotatable bonds is 2. The molecule has 0 radical (unpaired) electrons. The van der Waals surface area contributed by atoms with Crippen molar-refractivity contribution < 1.29 is 5.11 Å². The van der Waals surface area contributed by atoms with Gasteiger partial charge in [0, 0.05) is 13.1 Å². The van der Waals surface area contributed by atoms with E-state index in [-0.39, 0.29) is 0 Å². The SMILES string of the molecule is Cc1nc(N2CCC2)cnc1C(C)O. The number of nitrogens with zero attached hydrogens (tertiary/aromatic N) is 3. The van der Waals surface area contributed by atoms with Crippen LogP contribution in [-0.4, -0.2) is 28.2 Å². The number of hydrogen-bond acceptors (Lipinski definition) is 4. The summed E-state index contributed by atoms with van der Waals surface area (Å²) < 4.78 is 0. The highest BCUT2D eigenvalue weighted by Gasteiger charge is 2.17. The van der Waals surface area contributed by atoms with Gasteiger partial charge in [-0.15, -0.1) is 0 Å². The predicted molar refractivity (Wildman–Crippen MR) is 54.2 cm³/mol. The summed E-state index contributed by atoms with van der Waals surface area (Å²) in [5.74, 6) is 0.929. The molecule has 1 fully saturated rings. The van der Waals surface area contributed by atoms with E-state index in [2.05, 4.69) is 14.9 Å². The quantitative estimate of drug-likeness (QED) is 0.762. The van der Waals surface area contributed by atoms with Gasteiger partial charge in [0.25, 0.3) is 0 Å². The second-order valence-corrected chi connectivity index (χ2v) is 3.72. The Bertz CT molecular complexity index is 334. The highest BCUT2D eigenvalue weighted by atomic mass is 16.3. The summed E-state index contributed by atoms with van der Waals surface area (Å²) in [6, 6.07) is 0. The zero-order valence-electron chi connectivity index (χ0n) is 8.56. The molecule has 4 heteroatoms. The molecule has 1 atom stereocenters. The van der Waals surface area contributed by atoms with Gasteiger partial charge in [-0.2, -0.15) is 0 Å². The van der Waals surface area contributed by atoms with Crippen molar-refractivity contribution in [1.82, 2.24) is 9.97 Å². The molecule has 0 aromatic carbocycles. The van der Waals surface area contributed by atoms with E-state index in [1.54, 1.807) is 13.1 Å². The minimum Gasteiger partial charge on any atom is -0.387 e. The molecule has 4 nitrogen and oxygen atoms in total. The van der Waals surface area contributed by atoms with Crippen LogP contribution in [-0.2, 0) is 0 Å². The molecule has 0 aliphatic carbocycles. The van der Waals surface area contributed by atoms with Crippen LogP contribution in [0.3, 0.4) is 0 Å². The van der Waals surface area contributed by atoms with Gasteiger partial charge in [0.05, 0.1) is 23.7 Å². The van der Waals surface area contributed by atoms with Crippen molar-refractivity contribution in [3.05, 3.63) is 17.6 Å². The lowest BCUT2D eigenvalue weighted by Gasteiger charge is -2.32. The summed E-state index contributed by atoms with van der Waals surface area (Å²) in [6.07, 6.45) is 2.44. The van der Waals surface area contributed by atoms with Crippen LogP contribution in [0.15, 0.2) is 6.20 Å². The molecular formula is C10H15N3O. The lowest BCUT2D eigenvalue weighted by molar-refractivity contribution is 0.193. The molecule has 1 aliphatic rings. The maximum atomic E-state index is 9.39. The molecule has 1 N–H and O–H groups in total. The standard InChI is InChI=1S/C10H15N3O/c1-7-10(8(2)14)11-6-9(12-7)13-4-3-5-13/h6,8,14H,3-5H2,1-2H3. The Balaban J connectivity index is 2.25. The first-order chi connectivity index (χ1) is 6.68. The molecule has 2 heterocycles. The fourth-order valence-electron chi connectivity index (χ4n) is 1.59. The molecular weight excluding hydrogens is 178 g/mol. The average Bonchev–Trinajstić information content (AvgIpc) is 2.00. The van der Waals surface area contributed by atoms with Crippen LogP contribution in [0, 0.1) is 6.92 Å². The monoisotopic (exact) mass is 193 g/mol. The zero-order chi connectivity index (χ0) is 10.1. The third-order valence-electron chi connectivity index (χ3n) is 2.55. The fraction of sp³-hybridized carbons (Fsp3) is 0.600. The Labute approximate surface area is 83.6 Å². The van der Waals surface area contributed by atoms with E-state index in [9.17, 15) is 5.11 Å². The largest absolute Gasteiger partial charge is 0.387 e. The van der Waals surface area contributed by atoms with Gasteiger partial charge in [-0.25, -0.2) is 4.98 Å². The lowest BCUT2D eigenvalue weighted by Crippen LogP contribution is -2.37. The number of aliphatic hydroxyl groups excluding tert-OH is 1. The van der Waals surface area contributed by atoms with Gasteiger partial charge >= 0.3 is 0 Å². The molecule has 1 aromatic heterocycles. The summed E-state index contributed by atoms with van der Waals surface area (Å²) in [7, 11) is 0. The number of anilines is 1. The average molecular weight is 193 g/mol. The fourth-order valence-corrected chi connectivity index (χ4v) is 1.59. The van der Waals surface area contributed by atoms with E-state index in [1.165, 1.54) is 6.42 Å². The first-order valence-corrected chi connectivity index (χ1v) is 4.95. The summed E-state index contributed by atoms with van der Waals surface area (Å²) in [5.41, 5.74) is 1.50. The smallest absolute Gasteiger partial charge is 0.147 e. The molecule has 1 unspecified atom stereocenters. The van der Waals surface area contributed by atoms with Gasteiger partial charge in [-0.3, -0.25) is 4.98 Å². The highest BCUT2D eigenvalue weighted by Crippen LogP contribution is 2.20. The van der Waals surface area contributed by atoms with Crippen molar-refractivity contribution in [1.29, 1.82) is 0 Å². The summed E-state index contributed by atoms with van der Waals surface area (Å²) in [6.45, 7) is 5.74. The second kappa shape index (κ2) is 3.53. The molecule has 0 spiro atoms. The zero-order valence-corrected chi connectivity index (χ0v) is 8.56. The van der Waals surface area contributed by atoms with E-state index in [1.807, 2.05) is 6.92 Å². The van der Waals surface area contributed by atoms with E-state index in [0.717, 1.165) is 24.6 Å². The highest BCUT2D eigenvalue weighted by molar-refractivity contribution is 5.40. The van der Waals surface area contributed by atoms with E-state index in [0.29, 0.717) is 5.69 Å². The Morgan fingerprint density at radius 2 is 2.21 bits per heavy atom. The van der Waals surface area contributed by atoms with Crippen molar-refractivity contribution >= 4 is 5.82 Å². The van der Waals surface area contributed by atoms with Gasteiger partial charge in [-0.1, -0.05) is 0 Å². The minimum atomic E-state index is -0.534. The van der Waals surface area contributed by atoms with Crippen LogP contribution in [0.4, 0.5) is 5.82 Å². The Kier molecular flexibility index (Phi) is 2.37. The summed E-state index contributed by atoms with van der Waals surface area (Å²) in [4.78, 5) is 10.8. The number of aryl methyl sites for hydroxylation is 1. The Morgan fingerprint density at radius 1 is 1.50 bits per heavy atom. The van der Waals surface area contributed by atoms with Crippen molar-refractivity contribution in [3.8, 4) is 0 Å². The number of aromatic nitrogens is 2. The molecule has 76 valence electrons. The van der Waals surface area contributed by atoms with Crippen LogP contribution >= 0.6 is 0 Å². The first-order valence-electron chi connectivity index (χ1n) is 4.95. The number of hydrogen-bond donors (Lipinski definition) is 1. The maximum absolute atomic E-state index is 9.39. The van der Waals surface area contributed by atoms with Gasteiger partial charge < -0.3 is 10.0 Å². The molecule has 0 bridgehead atoms. The van der Waals surface area contributed by atoms with Crippen molar-refractivity contribution in [2.45, 2.75) is 26.4 Å². The summed E-state index contributed by atoms with van der Waals surface area (Å²) in [5, 5.41) is 9.39. The molecule has 1 aromatic rings. The van der Waals surface area contributed by atoms with Crippen LogP contribution in [0.25, 0.3) is 0 Å². The van der Waals surface area contributed by atoms with Gasteiger partial charge in [0.15, 0.2) is 0 Å². The van der Waals surface area contributed by atoms with Gasteiger partial charge in [0.1, 0.15) is 5.82 Å². The third-order valence-corrected chi connectivity index (χ3v) is 2.55. The molecule has 0 amide bonds. The van der Waals surface area contributed by atoms with Crippen molar-refractivity contribution in [3.63, 3.8) is 0 Å². The molecule has 0 saturated carbocycles. The molecule has 14 heavy (non-hydrogen) atoms. The second-order valence-electron chi connectivity index (χ2n) is 3.72. The first kappa shape index (κ1) is 9.40. The Hall–Kier alpha value is -1.16. The van der Waals surface area contributed by atoms with Crippen LogP contribution < -0.4 is 4.90 Å². The predicted octanol–water partition coefficient (Wildman–Crippen LogP) is 1.05. The maximum Gasteiger partial charge on any atom is 0.147 e. The normalized spacial score (nSPS) is 17.8. The minimum absolute atomic E-state index is 0.534. The van der Waals surface area contributed by atoms with E-state index in [4.69, 9.17) is 0 Å². The van der Waals surface area contributed by atoms with Crippen LogP contribution in [0.5, 0.6) is 0 Å². The molecule has 2 rings (SSSR count). The Morgan fingerprint density at radius 3 is 2.64 bits per heavy atom. The third kappa shape index (κ3) is 1.57. The molecule has 1 saturated heterocycles. The van der Waals surface area contributed by atoms with E-state index < -0.39 is 6.10 Å². The molecule has 1 aliphatic heterocycles. The van der Waals surface area contributed by atoms with Crippen molar-refractivity contribution in [2.75, 3.05) is 18.0 Å². The number of aliphatic hydroxyl groups is 1. The van der Waals surface area contributed by atoms with Crippen LogP contribution in [0.2, 0.25) is 0 Å². The summed E-state index contributed by atoms with van der Waals surface area (Å²) >= 11 is 0. The lowest BCUT2D eigenvalue weighted by atomic mass is 10.2. The van der Waals surface area contributed by atoms with Crippen molar-refractivity contribution in [2.24, 2.45) is 0 Å².